The number of rotatable bonds is 4. The smallest absolute Gasteiger partial charge is 0.371 e. The summed E-state index contributed by atoms with van der Waals surface area (Å²) in [6, 6.07) is 2.77. The van der Waals surface area contributed by atoms with Gasteiger partial charge in [-0.05, 0) is 37.8 Å². The van der Waals surface area contributed by atoms with E-state index in [2.05, 4.69) is 5.32 Å². The van der Waals surface area contributed by atoms with Crippen molar-refractivity contribution in [2.45, 2.75) is 32.2 Å². The summed E-state index contributed by atoms with van der Waals surface area (Å²) in [5.41, 5.74) is 0. The summed E-state index contributed by atoms with van der Waals surface area (Å²) in [6.45, 7) is 1.96. The molecule has 1 atom stereocenters. The van der Waals surface area contributed by atoms with E-state index >= 15 is 0 Å². The summed E-state index contributed by atoms with van der Waals surface area (Å²) in [6.07, 6.45) is 3.49. The molecule has 5 heteroatoms. The van der Waals surface area contributed by atoms with Crippen molar-refractivity contribution in [2.75, 3.05) is 0 Å². The highest BCUT2D eigenvalue weighted by Gasteiger charge is 2.26. The van der Waals surface area contributed by atoms with Crippen molar-refractivity contribution >= 4 is 11.9 Å². The van der Waals surface area contributed by atoms with Crippen LogP contribution in [0.2, 0.25) is 0 Å². The van der Waals surface area contributed by atoms with Crippen LogP contribution in [0.25, 0.3) is 0 Å². The van der Waals surface area contributed by atoms with Crippen LogP contribution in [0, 0.1) is 5.92 Å². The van der Waals surface area contributed by atoms with Crippen molar-refractivity contribution in [2.24, 2.45) is 5.92 Å². The Morgan fingerprint density at radius 2 is 2.06 bits per heavy atom. The highest BCUT2D eigenvalue weighted by Crippen LogP contribution is 2.29. The van der Waals surface area contributed by atoms with E-state index in [1.807, 2.05) is 6.92 Å². The molecular weight excluding hydrogens is 222 g/mol. The number of furan rings is 1. The topological polar surface area (TPSA) is 79.5 Å². The maximum atomic E-state index is 11.7. The number of amides is 1. The Morgan fingerprint density at radius 1 is 1.41 bits per heavy atom. The van der Waals surface area contributed by atoms with Gasteiger partial charge < -0.3 is 14.8 Å². The number of carboxylic acids is 1. The number of carbonyl (C=O) groups is 2. The minimum atomic E-state index is -1.17. The molecular formula is C12H15NO4. The van der Waals surface area contributed by atoms with E-state index in [4.69, 9.17) is 9.52 Å². The highest BCUT2D eigenvalue weighted by molar-refractivity contribution is 5.93. The molecule has 1 heterocycles. The Kier molecular flexibility index (Phi) is 3.17. The Balaban J connectivity index is 1.96. The van der Waals surface area contributed by atoms with Crippen molar-refractivity contribution in [1.82, 2.24) is 5.32 Å². The van der Waals surface area contributed by atoms with Gasteiger partial charge in [0.25, 0.3) is 5.91 Å². The Bertz CT molecular complexity index is 433. The summed E-state index contributed by atoms with van der Waals surface area (Å²) in [4.78, 5) is 22.3. The van der Waals surface area contributed by atoms with E-state index in [0.717, 1.165) is 12.8 Å². The molecule has 0 aliphatic heterocycles. The second kappa shape index (κ2) is 4.61. The molecule has 5 nitrogen and oxygen atoms in total. The van der Waals surface area contributed by atoms with E-state index in [1.165, 1.54) is 18.6 Å². The van der Waals surface area contributed by atoms with E-state index in [0.29, 0.717) is 5.92 Å². The van der Waals surface area contributed by atoms with Gasteiger partial charge >= 0.3 is 5.97 Å². The molecule has 0 radical (unpaired) electrons. The zero-order chi connectivity index (χ0) is 12.4. The third-order valence-electron chi connectivity index (χ3n) is 3.26. The lowest BCUT2D eigenvalue weighted by Gasteiger charge is -2.31. The van der Waals surface area contributed by atoms with Crippen LogP contribution in [-0.4, -0.2) is 23.0 Å². The fourth-order valence-corrected chi connectivity index (χ4v) is 1.91. The fraction of sp³-hybridized carbons (Fsp3) is 0.500. The first kappa shape index (κ1) is 11.7. The first-order valence-corrected chi connectivity index (χ1v) is 5.72. The Hall–Kier alpha value is -1.78. The van der Waals surface area contributed by atoms with E-state index in [1.54, 1.807) is 0 Å². The molecule has 1 aromatic rings. The zero-order valence-electron chi connectivity index (χ0n) is 9.60. The van der Waals surface area contributed by atoms with Gasteiger partial charge in [-0.25, -0.2) is 4.79 Å². The van der Waals surface area contributed by atoms with Crippen LogP contribution in [-0.2, 0) is 0 Å². The monoisotopic (exact) mass is 237 g/mol. The van der Waals surface area contributed by atoms with Gasteiger partial charge in [0.2, 0.25) is 5.76 Å². The minimum Gasteiger partial charge on any atom is -0.475 e. The summed E-state index contributed by atoms with van der Waals surface area (Å²) in [7, 11) is 0. The molecule has 0 aromatic carbocycles. The van der Waals surface area contributed by atoms with E-state index in [-0.39, 0.29) is 23.5 Å². The number of carboxylic acid groups (broad SMARTS) is 1. The Morgan fingerprint density at radius 3 is 2.53 bits per heavy atom. The first-order valence-electron chi connectivity index (χ1n) is 5.72. The normalized spacial score (nSPS) is 17.2. The van der Waals surface area contributed by atoms with Gasteiger partial charge in [0.1, 0.15) is 0 Å². The van der Waals surface area contributed by atoms with Crippen molar-refractivity contribution in [3.8, 4) is 0 Å². The molecule has 1 aromatic heterocycles. The summed E-state index contributed by atoms with van der Waals surface area (Å²) in [5.74, 6) is -1.15. The lowest BCUT2D eigenvalue weighted by molar-refractivity contribution is 0.0659. The van der Waals surface area contributed by atoms with Gasteiger partial charge in [0.05, 0.1) is 0 Å². The van der Waals surface area contributed by atoms with Crippen LogP contribution in [0.3, 0.4) is 0 Å². The molecule has 1 unspecified atom stereocenters. The molecule has 0 saturated heterocycles. The van der Waals surface area contributed by atoms with Crippen molar-refractivity contribution in [3.05, 3.63) is 23.7 Å². The molecule has 0 spiro atoms. The first-order chi connectivity index (χ1) is 8.08. The van der Waals surface area contributed by atoms with Crippen LogP contribution >= 0.6 is 0 Å². The quantitative estimate of drug-likeness (QED) is 0.838. The third kappa shape index (κ3) is 2.49. The zero-order valence-corrected chi connectivity index (χ0v) is 9.60. The van der Waals surface area contributed by atoms with E-state index < -0.39 is 5.97 Å². The summed E-state index contributed by atoms with van der Waals surface area (Å²) < 4.78 is 4.93. The molecule has 1 saturated carbocycles. The predicted molar refractivity (Wildman–Crippen MR) is 59.9 cm³/mol. The molecule has 92 valence electrons. The van der Waals surface area contributed by atoms with Gasteiger partial charge in [-0.1, -0.05) is 6.42 Å². The summed E-state index contributed by atoms with van der Waals surface area (Å²) in [5, 5.41) is 11.5. The van der Waals surface area contributed by atoms with Crippen LogP contribution in [0.4, 0.5) is 0 Å². The maximum absolute atomic E-state index is 11.7. The second-order valence-corrected chi connectivity index (χ2v) is 4.42. The van der Waals surface area contributed by atoms with Gasteiger partial charge in [0.15, 0.2) is 5.76 Å². The van der Waals surface area contributed by atoms with Crippen LogP contribution in [0.1, 0.15) is 47.3 Å². The third-order valence-corrected chi connectivity index (χ3v) is 3.26. The SMILES string of the molecule is CC(NC(=O)c1ccc(C(=O)O)o1)C1CCC1. The van der Waals surface area contributed by atoms with Gasteiger partial charge in [-0.3, -0.25) is 4.79 Å². The molecule has 0 bridgehead atoms. The standard InChI is InChI=1S/C12H15NO4/c1-7(8-3-2-4-8)13-11(14)9-5-6-10(17-9)12(15)16/h5-8H,2-4H2,1H3,(H,13,14)(H,15,16). The van der Waals surface area contributed by atoms with E-state index in [9.17, 15) is 9.59 Å². The largest absolute Gasteiger partial charge is 0.475 e. The van der Waals surface area contributed by atoms with Crippen LogP contribution in [0.5, 0.6) is 0 Å². The van der Waals surface area contributed by atoms with Crippen molar-refractivity contribution < 1.29 is 19.1 Å². The average molecular weight is 237 g/mol. The van der Waals surface area contributed by atoms with Crippen LogP contribution < -0.4 is 5.32 Å². The molecule has 1 aliphatic carbocycles. The maximum Gasteiger partial charge on any atom is 0.371 e. The molecule has 1 fully saturated rings. The van der Waals surface area contributed by atoms with Crippen molar-refractivity contribution in [3.63, 3.8) is 0 Å². The number of hydrogen-bond donors (Lipinski definition) is 2. The molecule has 17 heavy (non-hydrogen) atoms. The molecule has 1 aliphatic rings. The Labute approximate surface area is 98.8 Å². The van der Waals surface area contributed by atoms with Gasteiger partial charge in [-0.2, -0.15) is 0 Å². The second-order valence-electron chi connectivity index (χ2n) is 4.42. The average Bonchev–Trinajstić information content (AvgIpc) is 2.62. The lowest BCUT2D eigenvalue weighted by atomic mass is 9.80. The molecule has 1 amide bonds. The van der Waals surface area contributed by atoms with Gasteiger partial charge in [-0.15, -0.1) is 0 Å². The number of nitrogens with one attached hydrogen (secondary N) is 1. The van der Waals surface area contributed by atoms with Crippen molar-refractivity contribution in [1.29, 1.82) is 0 Å². The number of hydrogen-bond acceptors (Lipinski definition) is 3. The minimum absolute atomic E-state index is 0.0496. The van der Waals surface area contributed by atoms with Crippen LogP contribution in [0.15, 0.2) is 16.5 Å². The number of carbonyl (C=O) groups excluding carboxylic acids is 1. The highest BCUT2D eigenvalue weighted by atomic mass is 16.4. The predicted octanol–water partition coefficient (Wildman–Crippen LogP) is 1.90. The van der Waals surface area contributed by atoms with Gasteiger partial charge in [0, 0.05) is 6.04 Å². The molecule has 2 N–H and O–H groups in total. The number of aromatic carboxylic acids is 1. The lowest BCUT2D eigenvalue weighted by Crippen LogP contribution is -2.40. The summed E-state index contributed by atoms with van der Waals surface area (Å²) >= 11 is 0. The molecule has 2 rings (SSSR count). The fourth-order valence-electron chi connectivity index (χ4n) is 1.91.